The highest BCUT2D eigenvalue weighted by Gasteiger charge is 2.32. The van der Waals surface area contributed by atoms with E-state index in [1.54, 1.807) is 25.3 Å². The molecule has 1 fully saturated rings. The first-order valence-corrected chi connectivity index (χ1v) is 11.5. The number of hydrogen-bond acceptors (Lipinski definition) is 7. The van der Waals surface area contributed by atoms with Crippen LogP contribution in [0.3, 0.4) is 0 Å². The van der Waals surface area contributed by atoms with E-state index >= 15 is 0 Å². The van der Waals surface area contributed by atoms with E-state index < -0.39 is 10.0 Å². The predicted octanol–water partition coefficient (Wildman–Crippen LogP) is 1.96. The van der Waals surface area contributed by atoms with Gasteiger partial charge in [0, 0.05) is 37.8 Å². The van der Waals surface area contributed by atoms with Crippen molar-refractivity contribution in [1.82, 2.24) is 14.5 Å². The molecule has 1 aliphatic rings. The number of ether oxygens (including phenoxy) is 2. The molecule has 0 unspecified atom stereocenters. The summed E-state index contributed by atoms with van der Waals surface area (Å²) in [5.41, 5.74) is 1.64. The van der Waals surface area contributed by atoms with Gasteiger partial charge in [-0.1, -0.05) is 12.1 Å². The second-order valence-electron chi connectivity index (χ2n) is 7.24. The zero-order chi connectivity index (χ0) is 22.7. The lowest BCUT2D eigenvalue weighted by Gasteiger charge is -2.36. The van der Waals surface area contributed by atoms with Crippen molar-refractivity contribution in [2.45, 2.75) is 4.90 Å². The number of sulfonamides is 1. The second kappa shape index (κ2) is 9.01. The Kier molecular flexibility index (Phi) is 6.15. The highest BCUT2D eigenvalue weighted by Crippen LogP contribution is 2.33. The SMILES string of the molecule is COc1ccccc1N1CCN(S(=O)(=O)c2cc(-c3ccc(=O)[nH]n3)ccc2OC)CC1. The zero-order valence-corrected chi connectivity index (χ0v) is 18.6. The summed E-state index contributed by atoms with van der Waals surface area (Å²) < 4.78 is 39.2. The minimum atomic E-state index is -3.81. The van der Waals surface area contributed by atoms with Gasteiger partial charge in [-0.05, 0) is 36.4 Å². The third kappa shape index (κ3) is 4.19. The number of methoxy groups -OCH3 is 2. The molecule has 1 aliphatic heterocycles. The largest absolute Gasteiger partial charge is 0.495 e. The molecule has 3 aromatic rings. The van der Waals surface area contributed by atoms with Crippen LogP contribution in [0.25, 0.3) is 11.3 Å². The fraction of sp³-hybridized carbons (Fsp3) is 0.273. The first kappa shape index (κ1) is 21.8. The Balaban J connectivity index is 1.60. The van der Waals surface area contributed by atoms with Gasteiger partial charge in [0.05, 0.1) is 25.6 Å². The van der Waals surface area contributed by atoms with E-state index in [2.05, 4.69) is 15.1 Å². The number of hydrogen-bond donors (Lipinski definition) is 1. The molecule has 2 heterocycles. The van der Waals surface area contributed by atoms with Gasteiger partial charge in [-0.2, -0.15) is 9.40 Å². The maximum absolute atomic E-state index is 13.5. The summed E-state index contributed by atoms with van der Waals surface area (Å²) in [6.07, 6.45) is 0. The monoisotopic (exact) mass is 456 g/mol. The highest BCUT2D eigenvalue weighted by atomic mass is 32.2. The van der Waals surface area contributed by atoms with E-state index in [1.807, 2.05) is 24.3 Å². The lowest BCUT2D eigenvalue weighted by atomic mass is 10.1. The van der Waals surface area contributed by atoms with Gasteiger partial charge in [0.25, 0.3) is 5.56 Å². The molecular formula is C22H24N4O5S. The Morgan fingerprint density at radius 2 is 1.62 bits per heavy atom. The van der Waals surface area contributed by atoms with Crippen LogP contribution in [-0.2, 0) is 10.0 Å². The second-order valence-corrected chi connectivity index (χ2v) is 9.14. The third-order valence-corrected chi connectivity index (χ3v) is 7.34. The molecule has 1 saturated heterocycles. The van der Waals surface area contributed by atoms with Crippen LogP contribution in [0.5, 0.6) is 11.5 Å². The molecule has 168 valence electrons. The number of nitrogens with zero attached hydrogens (tertiary/aromatic N) is 3. The summed E-state index contributed by atoms with van der Waals surface area (Å²) in [5, 5.41) is 6.36. The van der Waals surface area contributed by atoms with E-state index in [-0.39, 0.29) is 16.2 Å². The minimum absolute atomic E-state index is 0.0660. The quantitative estimate of drug-likeness (QED) is 0.605. The van der Waals surface area contributed by atoms with Crippen LogP contribution in [0.2, 0.25) is 0 Å². The lowest BCUT2D eigenvalue weighted by Crippen LogP contribution is -2.48. The van der Waals surface area contributed by atoms with Gasteiger partial charge in [0.2, 0.25) is 10.0 Å². The van der Waals surface area contributed by atoms with Crippen LogP contribution in [0, 0.1) is 0 Å². The standard InChI is InChI=1S/C22H24N4O5S/c1-30-19-6-4-3-5-18(19)25-11-13-26(14-12-25)32(28,29)21-15-16(7-9-20(21)31-2)17-8-10-22(27)24-23-17/h3-10,15H,11-14H2,1-2H3,(H,24,27). The summed E-state index contributed by atoms with van der Waals surface area (Å²) in [6, 6.07) is 15.4. The first-order valence-electron chi connectivity index (χ1n) is 10.1. The molecule has 0 spiro atoms. The van der Waals surface area contributed by atoms with Crippen molar-refractivity contribution >= 4 is 15.7 Å². The summed E-state index contributed by atoms with van der Waals surface area (Å²) in [6.45, 7) is 1.71. The van der Waals surface area contributed by atoms with Crippen molar-refractivity contribution < 1.29 is 17.9 Å². The number of aromatic amines is 1. The Morgan fingerprint density at radius 3 is 2.28 bits per heavy atom. The van der Waals surface area contributed by atoms with Crippen molar-refractivity contribution in [2.75, 3.05) is 45.3 Å². The average molecular weight is 457 g/mol. The number of anilines is 1. The molecule has 1 aromatic heterocycles. The van der Waals surface area contributed by atoms with Crippen LogP contribution in [0.1, 0.15) is 0 Å². The summed E-state index contributed by atoms with van der Waals surface area (Å²) in [5.74, 6) is 1.01. The van der Waals surface area contributed by atoms with Gasteiger partial charge in [-0.15, -0.1) is 0 Å². The number of piperazine rings is 1. The van der Waals surface area contributed by atoms with Crippen LogP contribution in [0.15, 0.2) is 64.3 Å². The van der Waals surface area contributed by atoms with Crippen molar-refractivity contribution in [3.63, 3.8) is 0 Å². The topological polar surface area (TPSA) is 105 Å². The van der Waals surface area contributed by atoms with Crippen molar-refractivity contribution in [3.8, 4) is 22.8 Å². The molecule has 0 saturated carbocycles. The summed E-state index contributed by atoms with van der Waals surface area (Å²) in [7, 11) is -0.757. The van der Waals surface area contributed by atoms with Crippen molar-refractivity contribution in [1.29, 1.82) is 0 Å². The van der Waals surface area contributed by atoms with Gasteiger partial charge >= 0.3 is 0 Å². The molecule has 0 atom stereocenters. The minimum Gasteiger partial charge on any atom is -0.495 e. The lowest BCUT2D eigenvalue weighted by molar-refractivity contribution is 0.370. The van der Waals surface area contributed by atoms with Gasteiger partial charge in [0.15, 0.2) is 0 Å². The molecule has 10 heteroatoms. The maximum Gasteiger partial charge on any atom is 0.264 e. The number of aromatic nitrogens is 2. The average Bonchev–Trinajstić information content (AvgIpc) is 2.84. The molecule has 0 aliphatic carbocycles. The fourth-order valence-electron chi connectivity index (χ4n) is 3.74. The predicted molar refractivity (Wildman–Crippen MR) is 121 cm³/mol. The molecule has 2 aromatic carbocycles. The molecule has 0 amide bonds. The van der Waals surface area contributed by atoms with E-state index in [1.165, 1.54) is 23.5 Å². The van der Waals surface area contributed by atoms with E-state index in [9.17, 15) is 13.2 Å². The molecule has 9 nitrogen and oxygen atoms in total. The molecule has 0 radical (unpaired) electrons. The fourth-order valence-corrected chi connectivity index (χ4v) is 5.35. The maximum atomic E-state index is 13.5. The number of nitrogens with one attached hydrogen (secondary N) is 1. The Hall–Kier alpha value is -3.37. The molecule has 4 rings (SSSR count). The van der Waals surface area contributed by atoms with Crippen molar-refractivity contribution in [2.24, 2.45) is 0 Å². The molecular weight excluding hydrogens is 432 g/mol. The smallest absolute Gasteiger partial charge is 0.264 e. The molecule has 0 bridgehead atoms. The third-order valence-electron chi connectivity index (χ3n) is 5.42. The van der Waals surface area contributed by atoms with Gasteiger partial charge in [-0.25, -0.2) is 13.5 Å². The number of benzene rings is 2. The van der Waals surface area contributed by atoms with Crippen LogP contribution < -0.4 is 19.9 Å². The van der Waals surface area contributed by atoms with Gasteiger partial charge < -0.3 is 14.4 Å². The molecule has 32 heavy (non-hydrogen) atoms. The summed E-state index contributed by atoms with van der Waals surface area (Å²) >= 11 is 0. The van der Waals surface area contributed by atoms with Crippen LogP contribution in [0.4, 0.5) is 5.69 Å². The number of H-pyrrole nitrogens is 1. The van der Waals surface area contributed by atoms with Gasteiger partial charge in [0.1, 0.15) is 16.4 Å². The van der Waals surface area contributed by atoms with E-state index in [0.29, 0.717) is 37.4 Å². The van der Waals surface area contributed by atoms with Crippen molar-refractivity contribution in [3.05, 3.63) is 65.0 Å². The van der Waals surface area contributed by atoms with E-state index in [4.69, 9.17) is 9.47 Å². The Morgan fingerprint density at radius 1 is 0.906 bits per heavy atom. The van der Waals surface area contributed by atoms with Crippen LogP contribution >= 0.6 is 0 Å². The Labute approximate surface area is 186 Å². The molecule has 1 N–H and O–H groups in total. The number of para-hydroxylation sites is 2. The number of rotatable bonds is 6. The highest BCUT2D eigenvalue weighted by molar-refractivity contribution is 7.89. The van der Waals surface area contributed by atoms with E-state index in [0.717, 1.165) is 11.4 Å². The normalized spacial score (nSPS) is 14.9. The Bertz CT molecular complexity index is 1250. The zero-order valence-electron chi connectivity index (χ0n) is 17.8. The van der Waals surface area contributed by atoms with Crippen LogP contribution in [-0.4, -0.2) is 63.3 Å². The first-order chi connectivity index (χ1) is 15.4. The summed E-state index contributed by atoms with van der Waals surface area (Å²) in [4.78, 5) is 13.5. The van der Waals surface area contributed by atoms with Gasteiger partial charge in [-0.3, -0.25) is 4.79 Å².